The third-order valence-electron chi connectivity index (χ3n) is 3.60. The highest BCUT2D eigenvalue weighted by Crippen LogP contribution is 2.26. The Morgan fingerprint density at radius 2 is 2.12 bits per heavy atom. The minimum Gasteiger partial charge on any atom is -0.369 e. The van der Waals surface area contributed by atoms with Gasteiger partial charge in [-0.1, -0.05) is 0 Å². The molecule has 0 bridgehead atoms. The molecule has 2 saturated heterocycles. The lowest BCUT2D eigenvalue weighted by Crippen LogP contribution is -2.45. The van der Waals surface area contributed by atoms with Gasteiger partial charge in [0.05, 0.1) is 6.10 Å². The highest BCUT2D eigenvalue weighted by atomic mass is 35.5. The Morgan fingerprint density at radius 3 is 2.82 bits per heavy atom. The number of carbonyl (C=O) groups is 1. The number of hydrogen-bond acceptors (Lipinski definition) is 3. The highest BCUT2D eigenvalue weighted by molar-refractivity contribution is 5.85. The second-order valence-electron chi connectivity index (χ2n) is 5.17. The number of hydrogen-bond donors (Lipinski definition) is 1. The van der Waals surface area contributed by atoms with Crippen LogP contribution in [0.3, 0.4) is 0 Å². The van der Waals surface area contributed by atoms with E-state index in [4.69, 9.17) is 4.74 Å². The first kappa shape index (κ1) is 14.7. The van der Waals surface area contributed by atoms with Crippen LogP contribution in [0.4, 0.5) is 0 Å². The van der Waals surface area contributed by atoms with E-state index in [1.807, 2.05) is 18.7 Å². The molecule has 0 aromatic heterocycles. The number of fused-ring (bicyclic) bond motifs is 1. The van der Waals surface area contributed by atoms with Gasteiger partial charge >= 0.3 is 0 Å². The van der Waals surface area contributed by atoms with Gasteiger partial charge in [-0.05, 0) is 45.2 Å². The zero-order valence-corrected chi connectivity index (χ0v) is 11.5. The Bertz CT molecular complexity index is 261. The van der Waals surface area contributed by atoms with Gasteiger partial charge in [-0.3, -0.25) is 4.79 Å². The van der Waals surface area contributed by atoms with Crippen molar-refractivity contribution >= 4 is 18.3 Å². The van der Waals surface area contributed by atoms with Crippen LogP contribution in [-0.2, 0) is 9.53 Å². The Balaban J connectivity index is 0.00000144. The van der Waals surface area contributed by atoms with Crippen LogP contribution in [0.5, 0.6) is 0 Å². The molecular formula is C12H23ClN2O2. The zero-order valence-electron chi connectivity index (χ0n) is 10.6. The first-order valence-electron chi connectivity index (χ1n) is 6.27. The largest absolute Gasteiger partial charge is 0.369 e. The second-order valence-corrected chi connectivity index (χ2v) is 5.17. The minimum atomic E-state index is 0. The predicted octanol–water partition coefficient (Wildman–Crippen LogP) is 0.901. The molecule has 2 fully saturated rings. The molecule has 4 nitrogen and oxygen atoms in total. The number of nitrogens with one attached hydrogen (secondary N) is 1. The van der Waals surface area contributed by atoms with Crippen LogP contribution in [0.15, 0.2) is 0 Å². The number of ether oxygens (including phenoxy) is 1. The fourth-order valence-electron chi connectivity index (χ4n) is 2.59. The summed E-state index contributed by atoms with van der Waals surface area (Å²) in [4.78, 5) is 13.8. The summed E-state index contributed by atoms with van der Waals surface area (Å²) < 4.78 is 5.36. The number of amides is 1. The Labute approximate surface area is 109 Å². The average molecular weight is 263 g/mol. The summed E-state index contributed by atoms with van der Waals surface area (Å²) in [7, 11) is 0. The van der Waals surface area contributed by atoms with E-state index >= 15 is 0 Å². The van der Waals surface area contributed by atoms with Crippen molar-refractivity contribution in [2.45, 2.75) is 26.4 Å². The van der Waals surface area contributed by atoms with Gasteiger partial charge in [0.25, 0.3) is 0 Å². The van der Waals surface area contributed by atoms with E-state index in [9.17, 15) is 4.79 Å². The van der Waals surface area contributed by atoms with Crippen LogP contribution in [0.2, 0.25) is 0 Å². The van der Waals surface area contributed by atoms with Gasteiger partial charge in [-0.15, -0.1) is 12.4 Å². The lowest BCUT2D eigenvalue weighted by molar-refractivity contribution is -0.139. The summed E-state index contributed by atoms with van der Waals surface area (Å²) in [5.41, 5.74) is 0. The van der Waals surface area contributed by atoms with Gasteiger partial charge in [0.1, 0.15) is 6.61 Å². The van der Waals surface area contributed by atoms with Crippen LogP contribution in [0.1, 0.15) is 20.3 Å². The summed E-state index contributed by atoms with van der Waals surface area (Å²) in [5, 5.41) is 3.40. The molecule has 2 rings (SSSR count). The van der Waals surface area contributed by atoms with Crippen LogP contribution in [0, 0.1) is 11.8 Å². The van der Waals surface area contributed by atoms with Crippen LogP contribution >= 0.6 is 12.4 Å². The standard InChI is InChI=1S/C12H22N2O2.ClH/c1-9(2)16-8-12(15)14-4-3-10-5-13-6-11(10)7-14;/h9-11,13H,3-8H2,1-2H3;1H. The fourth-order valence-corrected chi connectivity index (χ4v) is 2.59. The van der Waals surface area contributed by atoms with Gasteiger partial charge in [0.15, 0.2) is 0 Å². The lowest BCUT2D eigenvalue weighted by Gasteiger charge is -2.34. The van der Waals surface area contributed by atoms with Crippen molar-refractivity contribution < 1.29 is 9.53 Å². The SMILES string of the molecule is CC(C)OCC(=O)N1CCC2CNCC2C1.Cl. The number of rotatable bonds is 3. The van der Waals surface area contributed by atoms with Crippen molar-refractivity contribution in [1.82, 2.24) is 10.2 Å². The molecule has 0 aliphatic carbocycles. The molecule has 2 heterocycles. The van der Waals surface area contributed by atoms with E-state index in [0.717, 1.165) is 38.5 Å². The smallest absolute Gasteiger partial charge is 0.248 e. The maximum atomic E-state index is 11.9. The summed E-state index contributed by atoms with van der Waals surface area (Å²) >= 11 is 0. The van der Waals surface area contributed by atoms with Crippen LogP contribution in [0.25, 0.3) is 0 Å². The van der Waals surface area contributed by atoms with Crippen molar-refractivity contribution in [3.63, 3.8) is 0 Å². The highest BCUT2D eigenvalue weighted by Gasteiger charge is 2.34. The van der Waals surface area contributed by atoms with Crippen molar-refractivity contribution in [3.05, 3.63) is 0 Å². The maximum Gasteiger partial charge on any atom is 0.248 e. The molecule has 100 valence electrons. The van der Waals surface area contributed by atoms with E-state index in [1.54, 1.807) is 0 Å². The van der Waals surface area contributed by atoms with Gasteiger partial charge in [0.2, 0.25) is 5.91 Å². The minimum absolute atomic E-state index is 0. The van der Waals surface area contributed by atoms with Crippen LogP contribution < -0.4 is 5.32 Å². The van der Waals surface area contributed by atoms with Crippen molar-refractivity contribution in [2.75, 3.05) is 32.8 Å². The molecule has 2 atom stereocenters. The second kappa shape index (κ2) is 6.57. The van der Waals surface area contributed by atoms with Gasteiger partial charge in [-0.25, -0.2) is 0 Å². The van der Waals surface area contributed by atoms with Gasteiger partial charge in [0, 0.05) is 13.1 Å². The monoisotopic (exact) mass is 262 g/mol. The molecule has 2 aliphatic heterocycles. The normalized spacial score (nSPS) is 27.8. The number of piperidine rings is 1. The quantitative estimate of drug-likeness (QED) is 0.822. The first-order valence-corrected chi connectivity index (χ1v) is 6.27. The molecule has 0 radical (unpaired) electrons. The van der Waals surface area contributed by atoms with E-state index in [0.29, 0.717) is 5.92 Å². The predicted molar refractivity (Wildman–Crippen MR) is 69.4 cm³/mol. The van der Waals surface area contributed by atoms with Crippen molar-refractivity contribution in [1.29, 1.82) is 0 Å². The van der Waals surface area contributed by atoms with E-state index in [2.05, 4.69) is 5.32 Å². The van der Waals surface area contributed by atoms with E-state index < -0.39 is 0 Å². The molecule has 1 amide bonds. The topological polar surface area (TPSA) is 41.6 Å². The fraction of sp³-hybridized carbons (Fsp3) is 0.917. The summed E-state index contributed by atoms with van der Waals surface area (Å²) in [5.74, 6) is 1.60. The third-order valence-corrected chi connectivity index (χ3v) is 3.60. The summed E-state index contributed by atoms with van der Waals surface area (Å²) in [6, 6.07) is 0. The third kappa shape index (κ3) is 3.83. The average Bonchev–Trinajstić information content (AvgIpc) is 2.72. The molecule has 2 unspecified atom stereocenters. The Hall–Kier alpha value is -0.320. The Kier molecular flexibility index (Phi) is 5.70. The zero-order chi connectivity index (χ0) is 11.5. The molecule has 0 saturated carbocycles. The maximum absolute atomic E-state index is 11.9. The number of nitrogens with zero attached hydrogens (tertiary/aromatic N) is 1. The van der Waals surface area contributed by atoms with Gasteiger partial charge in [-0.2, -0.15) is 0 Å². The summed E-state index contributed by atoms with van der Waals surface area (Å²) in [6.45, 7) is 8.18. The van der Waals surface area contributed by atoms with Crippen LogP contribution in [-0.4, -0.2) is 49.7 Å². The van der Waals surface area contributed by atoms with E-state index in [-0.39, 0.29) is 31.0 Å². The molecule has 0 spiro atoms. The molecule has 0 aromatic carbocycles. The van der Waals surface area contributed by atoms with Crippen molar-refractivity contribution in [2.24, 2.45) is 11.8 Å². The summed E-state index contributed by atoms with van der Waals surface area (Å²) in [6.07, 6.45) is 1.28. The number of likely N-dealkylation sites (tertiary alicyclic amines) is 1. The molecule has 1 N–H and O–H groups in total. The first-order chi connectivity index (χ1) is 7.66. The lowest BCUT2D eigenvalue weighted by atomic mass is 9.89. The Morgan fingerprint density at radius 1 is 1.41 bits per heavy atom. The molecule has 0 aromatic rings. The van der Waals surface area contributed by atoms with E-state index in [1.165, 1.54) is 0 Å². The molecule has 2 aliphatic rings. The molecule has 17 heavy (non-hydrogen) atoms. The molecule has 5 heteroatoms. The van der Waals surface area contributed by atoms with Crippen molar-refractivity contribution in [3.8, 4) is 0 Å². The number of halogens is 1. The molecular weight excluding hydrogens is 240 g/mol. The number of carbonyl (C=O) groups excluding carboxylic acids is 1. The van der Waals surface area contributed by atoms with Gasteiger partial charge < -0.3 is 15.0 Å².